The molecule has 0 bridgehead atoms. The fourth-order valence-corrected chi connectivity index (χ4v) is 3.04. The van der Waals surface area contributed by atoms with Crippen molar-refractivity contribution in [3.63, 3.8) is 0 Å². The Hall–Kier alpha value is -1.46. The van der Waals surface area contributed by atoms with Crippen LogP contribution in [-0.2, 0) is 0 Å². The van der Waals surface area contributed by atoms with Crippen LogP contribution >= 0.6 is 0 Å². The van der Waals surface area contributed by atoms with E-state index in [0.717, 1.165) is 50.5 Å². The highest BCUT2D eigenvalue weighted by Crippen LogP contribution is 2.35. The Morgan fingerprint density at radius 3 is 2.62 bits per heavy atom. The van der Waals surface area contributed by atoms with E-state index in [1.165, 1.54) is 11.3 Å². The lowest BCUT2D eigenvalue weighted by molar-refractivity contribution is 0.398. The first-order valence-corrected chi connectivity index (χ1v) is 7.72. The van der Waals surface area contributed by atoms with Crippen LogP contribution in [0.2, 0.25) is 0 Å². The summed E-state index contributed by atoms with van der Waals surface area (Å²) in [6, 6.07) is 4.56. The van der Waals surface area contributed by atoms with Crippen molar-refractivity contribution in [1.29, 1.82) is 0 Å². The minimum atomic E-state index is 0.620. The highest BCUT2D eigenvalue weighted by Gasteiger charge is 2.22. The van der Waals surface area contributed by atoms with E-state index in [1.54, 1.807) is 7.11 Å². The third-order valence-corrected chi connectivity index (χ3v) is 4.13. The molecule has 5 nitrogen and oxygen atoms in total. The second kappa shape index (κ2) is 7.52. The summed E-state index contributed by atoms with van der Waals surface area (Å²) in [7, 11) is 3.70. The first kappa shape index (κ1) is 15.9. The van der Waals surface area contributed by atoms with E-state index >= 15 is 0 Å². The first-order valence-electron chi connectivity index (χ1n) is 7.72. The molecule has 0 aromatic heterocycles. The summed E-state index contributed by atoms with van der Waals surface area (Å²) in [6.45, 7) is 6.26. The van der Waals surface area contributed by atoms with Crippen LogP contribution in [0.3, 0.4) is 0 Å². The molecule has 0 unspecified atom stereocenters. The van der Waals surface area contributed by atoms with Crippen molar-refractivity contribution in [2.45, 2.75) is 25.8 Å². The zero-order valence-corrected chi connectivity index (χ0v) is 13.4. The summed E-state index contributed by atoms with van der Waals surface area (Å²) >= 11 is 0. The minimum absolute atomic E-state index is 0.620. The van der Waals surface area contributed by atoms with Crippen LogP contribution in [0.1, 0.15) is 18.4 Å². The highest BCUT2D eigenvalue weighted by molar-refractivity contribution is 5.69. The Morgan fingerprint density at radius 1 is 1.29 bits per heavy atom. The summed E-state index contributed by atoms with van der Waals surface area (Å²) in [5, 5.41) is 6.77. The molecular weight excluding hydrogens is 264 g/mol. The SMILES string of the molecule is CNCCNC1CCN(c2c(C)cc(N)cc2OC)CC1. The molecule has 1 heterocycles. The number of hydrogen-bond donors (Lipinski definition) is 3. The molecule has 1 aromatic carbocycles. The summed E-state index contributed by atoms with van der Waals surface area (Å²) in [5.41, 5.74) is 9.05. The van der Waals surface area contributed by atoms with Gasteiger partial charge in [-0.2, -0.15) is 0 Å². The lowest BCUT2D eigenvalue weighted by Crippen LogP contribution is -2.44. The molecule has 1 aliphatic rings. The molecule has 5 heteroatoms. The Morgan fingerprint density at radius 2 is 2.00 bits per heavy atom. The molecule has 0 spiro atoms. The maximum absolute atomic E-state index is 5.91. The number of benzene rings is 1. The van der Waals surface area contributed by atoms with Gasteiger partial charge >= 0.3 is 0 Å². The average molecular weight is 292 g/mol. The van der Waals surface area contributed by atoms with Gasteiger partial charge in [0.2, 0.25) is 0 Å². The fraction of sp³-hybridized carbons (Fsp3) is 0.625. The minimum Gasteiger partial charge on any atom is -0.494 e. The average Bonchev–Trinajstić information content (AvgIpc) is 2.48. The van der Waals surface area contributed by atoms with Crippen LogP contribution < -0.4 is 26.0 Å². The van der Waals surface area contributed by atoms with Crippen molar-refractivity contribution in [1.82, 2.24) is 10.6 Å². The Kier molecular flexibility index (Phi) is 5.70. The Bertz CT molecular complexity index is 456. The number of piperidine rings is 1. The lowest BCUT2D eigenvalue weighted by Gasteiger charge is -2.35. The second-order valence-corrected chi connectivity index (χ2v) is 5.71. The molecule has 118 valence electrons. The number of nitrogen functional groups attached to an aromatic ring is 1. The number of nitrogens with two attached hydrogens (primary N) is 1. The van der Waals surface area contributed by atoms with Crippen molar-refractivity contribution in [3.05, 3.63) is 17.7 Å². The van der Waals surface area contributed by atoms with Gasteiger partial charge in [-0.15, -0.1) is 0 Å². The van der Waals surface area contributed by atoms with Gasteiger partial charge in [0.1, 0.15) is 5.75 Å². The molecule has 0 aliphatic carbocycles. The van der Waals surface area contributed by atoms with Crippen LogP contribution in [0.5, 0.6) is 5.75 Å². The number of likely N-dealkylation sites (N-methyl/N-ethyl adjacent to an activating group) is 1. The van der Waals surface area contributed by atoms with Crippen molar-refractivity contribution < 1.29 is 4.74 Å². The maximum atomic E-state index is 5.91. The van der Waals surface area contributed by atoms with Gasteiger partial charge in [-0.05, 0) is 38.4 Å². The molecule has 2 rings (SSSR count). The zero-order chi connectivity index (χ0) is 15.2. The van der Waals surface area contributed by atoms with Crippen molar-refractivity contribution >= 4 is 11.4 Å². The number of nitrogens with one attached hydrogen (secondary N) is 2. The Balaban J connectivity index is 1.99. The van der Waals surface area contributed by atoms with E-state index < -0.39 is 0 Å². The molecule has 1 aliphatic heterocycles. The third-order valence-electron chi connectivity index (χ3n) is 4.13. The van der Waals surface area contributed by atoms with Crippen molar-refractivity contribution in [2.24, 2.45) is 0 Å². The fourth-order valence-electron chi connectivity index (χ4n) is 3.04. The van der Waals surface area contributed by atoms with Crippen LogP contribution in [0.25, 0.3) is 0 Å². The van der Waals surface area contributed by atoms with Gasteiger partial charge in [0.25, 0.3) is 0 Å². The van der Waals surface area contributed by atoms with E-state index in [-0.39, 0.29) is 0 Å². The molecule has 0 radical (unpaired) electrons. The van der Waals surface area contributed by atoms with Gasteiger partial charge < -0.3 is 26.0 Å². The van der Waals surface area contributed by atoms with E-state index in [4.69, 9.17) is 10.5 Å². The largest absolute Gasteiger partial charge is 0.494 e. The molecular formula is C16H28N4O. The molecule has 4 N–H and O–H groups in total. The van der Waals surface area contributed by atoms with Gasteiger partial charge in [0.15, 0.2) is 0 Å². The predicted octanol–water partition coefficient (Wildman–Crippen LogP) is 1.36. The van der Waals surface area contributed by atoms with Gasteiger partial charge in [-0.1, -0.05) is 0 Å². The van der Waals surface area contributed by atoms with Gasteiger partial charge in [0, 0.05) is 44.0 Å². The molecule has 1 saturated heterocycles. The maximum Gasteiger partial charge on any atom is 0.144 e. The second-order valence-electron chi connectivity index (χ2n) is 5.71. The third kappa shape index (κ3) is 4.02. The number of methoxy groups -OCH3 is 1. The van der Waals surface area contributed by atoms with Crippen molar-refractivity contribution in [2.75, 3.05) is 51.0 Å². The van der Waals surface area contributed by atoms with Gasteiger partial charge in [-0.25, -0.2) is 0 Å². The molecule has 0 saturated carbocycles. The van der Waals surface area contributed by atoms with Crippen LogP contribution in [-0.4, -0.2) is 46.4 Å². The van der Waals surface area contributed by atoms with E-state index in [2.05, 4.69) is 22.5 Å². The number of anilines is 2. The Labute approximate surface area is 127 Å². The van der Waals surface area contributed by atoms with E-state index in [0.29, 0.717) is 6.04 Å². The molecule has 1 fully saturated rings. The number of hydrogen-bond acceptors (Lipinski definition) is 5. The van der Waals surface area contributed by atoms with E-state index in [9.17, 15) is 0 Å². The van der Waals surface area contributed by atoms with E-state index in [1.807, 2.05) is 19.2 Å². The standard InChI is InChI=1S/C16H28N4O/c1-12-10-13(17)11-15(21-3)16(12)20-8-4-14(5-9-20)19-7-6-18-2/h10-11,14,18-19H,4-9,17H2,1-3H3. The summed E-state index contributed by atoms with van der Waals surface area (Å²) in [4.78, 5) is 2.42. The number of rotatable bonds is 6. The van der Waals surface area contributed by atoms with Crippen molar-refractivity contribution in [3.8, 4) is 5.75 Å². The number of nitrogens with zero attached hydrogens (tertiary/aromatic N) is 1. The molecule has 1 aromatic rings. The summed E-state index contributed by atoms with van der Waals surface area (Å²) in [5.74, 6) is 0.883. The van der Waals surface area contributed by atoms with Crippen LogP contribution in [0, 0.1) is 6.92 Å². The quantitative estimate of drug-likeness (QED) is 0.546. The highest BCUT2D eigenvalue weighted by atomic mass is 16.5. The molecule has 0 amide bonds. The molecule has 21 heavy (non-hydrogen) atoms. The lowest BCUT2D eigenvalue weighted by atomic mass is 10.0. The smallest absolute Gasteiger partial charge is 0.144 e. The number of ether oxygens (including phenoxy) is 1. The summed E-state index contributed by atoms with van der Waals surface area (Å²) in [6.07, 6.45) is 2.33. The number of aryl methyl sites for hydroxylation is 1. The first-order chi connectivity index (χ1) is 10.2. The van der Waals surface area contributed by atoms with Crippen LogP contribution in [0.4, 0.5) is 11.4 Å². The summed E-state index contributed by atoms with van der Waals surface area (Å²) < 4.78 is 5.52. The topological polar surface area (TPSA) is 62.5 Å². The van der Waals surface area contributed by atoms with Gasteiger partial charge in [0.05, 0.1) is 12.8 Å². The van der Waals surface area contributed by atoms with Crippen LogP contribution in [0.15, 0.2) is 12.1 Å². The zero-order valence-electron chi connectivity index (χ0n) is 13.4. The molecule has 0 atom stereocenters. The monoisotopic (exact) mass is 292 g/mol. The normalized spacial score (nSPS) is 16.2. The van der Waals surface area contributed by atoms with Gasteiger partial charge in [-0.3, -0.25) is 0 Å². The predicted molar refractivity (Wildman–Crippen MR) is 89.3 cm³/mol.